The molecular formula is C19H20F6N4O3S. The quantitative estimate of drug-likeness (QED) is 0.610. The predicted molar refractivity (Wildman–Crippen MR) is 104 cm³/mol. The van der Waals surface area contributed by atoms with Gasteiger partial charge in [0.05, 0.1) is 27.3 Å². The summed E-state index contributed by atoms with van der Waals surface area (Å²) in [6.07, 6.45) is -10.3. The number of amides is 1. The minimum Gasteiger partial charge on any atom is -0.336 e. The normalized spacial score (nSPS) is 16.3. The fourth-order valence-electron chi connectivity index (χ4n) is 3.60. The highest BCUT2D eigenvalue weighted by molar-refractivity contribution is 7.89. The molecule has 0 unspecified atom stereocenters. The molecule has 0 aliphatic carbocycles. The average molecular weight is 498 g/mol. The van der Waals surface area contributed by atoms with Crippen LogP contribution in [-0.4, -0.2) is 59.5 Å². The number of rotatable bonds is 3. The second-order valence-corrected chi connectivity index (χ2v) is 9.55. The standard InChI is InChI=1S/C19H20F6N4O3S/c1-11-16(12(2)27(3)26-11)17(30)28-4-6-29(7-5-28)33(31,32)15-9-13(18(20,21)22)8-14(10-15)19(23,24)25/h8-10H,4-7H2,1-3H3. The molecule has 1 aliphatic rings. The summed E-state index contributed by atoms with van der Waals surface area (Å²) >= 11 is 0. The molecule has 1 aromatic heterocycles. The molecule has 0 bridgehead atoms. The molecule has 2 aromatic rings. The largest absolute Gasteiger partial charge is 0.416 e. The van der Waals surface area contributed by atoms with Gasteiger partial charge < -0.3 is 4.90 Å². The van der Waals surface area contributed by atoms with Gasteiger partial charge in [-0.1, -0.05) is 0 Å². The average Bonchev–Trinajstić information content (AvgIpc) is 2.97. The van der Waals surface area contributed by atoms with Gasteiger partial charge >= 0.3 is 12.4 Å². The smallest absolute Gasteiger partial charge is 0.336 e. The van der Waals surface area contributed by atoms with E-state index in [0.29, 0.717) is 17.0 Å². The van der Waals surface area contributed by atoms with Gasteiger partial charge in [-0.05, 0) is 32.0 Å². The number of nitrogens with zero attached hydrogens (tertiary/aromatic N) is 4. The minimum atomic E-state index is -5.17. The first-order valence-electron chi connectivity index (χ1n) is 9.62. The van der Waals surface area contributed by atoms with Crippen molar-refractivity contribution < 1.29 is 39.6 Å². The molecule has 33 heavy (non-hydrogen) atoms. The van der Waals surface area contributed by atoms with Gasteiger partial charge in [-0.15, -0.1) is 0 Å². The summed E-state index contributed by atoms with van der Waals surface area (Å²) in [6.45, 7) is 2.59. The molecule has 1 saturated heterocycles. The van der Waals surface area contributed by atoms with Crippen LogP contribution >= 0.6 is 0 Å². The van der Waals surface area contributed by atoms with Gasteiger partial charge in [0.15, 0.2) is 0 Å². The van der Waals surface area contributed by atoms with Crippen molar-refractivity contribution in [1.82, 2.24) is 19.0 Å². The zero-order valence-corrected chi connectivity index (χ0v) is 18.6. The molecule has 0 atom stereocenters. The van der Waals surface area contributed by atoms with Crippen molar-refractivity contribution in [2.24, 2.45) is 7.05 Å². The highest BCUT2D eigenvalue weighted by atomic mass is 32.2. The number of sulfonamides is 1. The number of halogens is 6. The Morgan fingerprint density at radius 3 is 1.79 bits per heavy atom. The van der Waals surface area contributed by atoms with Crippen molar-refractivity contribution in [3.05, 3.63) is 46.3 Å². The fraction of sp³-hybridized carbons (Fsp3) is 0.474. The van der Waals surface area contributed by atoms with Crippen molar-refractivity contribution in [2.45, 2.75) is 31.1 Å². The maximum Gasteiger partial charge on any atom is 0.416 e. The molecule has 0 N–H and O–H groups in total. The van der Waals surface area contributed by atoms with E-state index in [2.05, 4.69) is 5.10 Å². The molecule has 182 valence electrons. The number of carbonyl (C=O) groups is 1. The molecule has 0 radical (unpaired) electrons. The fourth-order valence-corrected chi connectivity index (χ4v) is 5.09. The summed E-state index contributed by atoms with van der Waals surface area (Å²) in [4.78, 5) is 13.1. The van der Waals surface area contributed by atoms with Crippen molar-refractivity contribution in [1.29, 1.82) is 0 Å². The first-order valence-corrected chi connectivity index (χ1v) is 11.1. The summed E-state index contributed by atoms with van der Waals surface area (Å²) < 4.78 is 107. The third-order valence-electron chi connectivity index (χ3n) is 5.45. The van der Waals surface area contributed by atoms with Gasteiger partial charge in [0.2, 0.25) is 10.0 Å². The van der Waals surface area contributed by atoms with Crippen LogP contribution in [-0.2, 0) is 29.4 Å². The molecule has 7 nitrogen and oxygen atoms in total. The van der Waals surface area contributed by atoms with E-state index in [1.54, 1.807) is 20.9 Å². The minimum absolute atomic E-state index is 0.0864. The van der Waals surface area contributed by atoms with Crippen LogP contribution in [0.15, 0.2) is 23.1 Å². The third kappa shape index (κ3) is 4.86. The van der Waals surface area contributed by atoms with Crippen LogP contribution in [0.5, 0.6) is 0 Å². The Balaban J connectivity index is 1.86. The first-order chi connectivity index (χ1) is 15.0. The van der Waals surface area contributed by atoms with E-state index in [1.807, 2.05) is 0 Å². The summed E-state index contributed by atoms with van der Waals surface area (Å²) in [6, 6.07) is 0.239. The van der Waals surface area contributed by atoms with E-state index in [-0.39, 0.29) is 50.3 Å². The van der Waals surface area contributed by atoms with E-state index >= 15 is 0 Å². The summed E-state index contributed by atoms with van der Waals surface area (Å²) in [5.74, 6) is -0.381. The second kappa shape index (κ2) is 8.31. The van der Waals surface area contributed by atoms with E-state index in [1.165, 1.54) is 9.58 Å². The molecule has 1 amide bonds. The van der Waals surface area contributed by atoms with Crippen molar-refractivity contribution in [3.63, 3.8) is 0 Å². The maximum atomic E-state index is 13.1. The van der Waals surface area contributed by atoms with E-state index in [4.69, 9.17) is 0 Å². The van der Waals surface area contributed by atoms with Crippen LogP contribution in [0.2, 0.25) is 0 Å². The Morgan fingerprint density at radius 2 is 1.39 bits per heavy atom. The molecule has 1 fully saturated rings. The van der Waals surface area contributed by atoms with Crippen LogP contribution in [0.3, 0.4) is 0 Å². The van der Waals surface area contributed by atoms with Gasteiger partial charge in [-0.2, -0.15) is 35.7 Å². The lowest BCUT2D eigenvalue weighted by atomic mass is 10.1. The van der Waals surface area contributed by atoms with Gasteiger partial charge in [0.1, 0.15) is 0 Å². The lowest BCUT2D eigenvalue weighted by molar-refractivity contribution is -0.143. The Morgan fingerprint density at radius 1 is 0.909 bits per heavy atom. The number of hydrogen-bond acceptors (Lipinski definition) is 4. The molecule has 1 aromatic carbocycles. The van der Waals surface area contributed by atoms with Crippen LogP contribution in [0.1, 0.15) is 32.9 Å². The summed E-state index contributed by atoms with van der Waals surface area (Å²) in [5, 5.41) is 4.16. The van der Waals surface area contributed by atoms with E-state index in [9.17, 15) is 39.6 Å². The Bertz CT molecular complexity index is 1150. The topological polar surface area (TPSA) is 75.5 Å². The van der Waals surface area contributed by atoms with Gasteiger partial charge in [-0.3, -0.25) is 9.48 Å². The third-order valence-corrected chi connectivity index (χ3v) is 7.32. The Kier molecular flexibility index (Phi) is 6.30. The number of hydrogen-bond donors (Lipinski definition) is 0. The van der Waals surface area contributed by atoms with Crippen molar-refractivity contribution in [3.8, 4) is 0 Å². The number of aryl methyl sites for hydroxylation is 2. The molecule has 3 rings (SSSR count). The number of piperazine rings is 1. The highest BCUT2D eigenvalue weighted by Crippen LogP contribution is 2.38. The van der Waals surface area contributed by atoms with Crippen LogP contribution in [0, 0.1) is 13.8 Å². The Labute approximate surface area is 185 Å². The lowest BCUT2D eigenvalue weighted by Crippen LogP contribution is -2.50. The molecular weight excluding hydrogens is 478 g/mol. The second-order valence-electron chi connectivity index (χ2n) is 7.61. The molecule has 14 heteroatoms. The van der Waals surface area contributed by atoms with Gasteiger partial charge in [0, 0.05) is 38.9 Å². The van der Waals surface area contributed by atoms with Crippen molar-refractivity contribution in [2.75, 3.05) is 26.2 Å². The van der Waals surface area contributed by atoms with E-state index < -0.39 is 38.4 Å². The first kappa shape index (κ1) is 25.0. The van der Waals surface area contributed by atoms with Gasteiger partial charge in [0.25, 0.3) is 5.91 Å². The maximum absolute atomic E-state index is 13.1. The number of carbonyl (C=O) groups excluding carboxylic acids is 1. The SMILES string of the molecule is Cc1nn(C)c(C)c1C(=O)N1CCN(S(=O)(=O)c2cc(C(F)(F)F)cc(C(F)(F)F)c2)CC1. The number of benzene rings is 1. The van der Waals surface area contributed by atoms with E-state index in [0.717, 1.165) is 4.31 Å². The molecule has 1 aliphatic heterocycles. The zero-order valence-electron chi connectivity index (χ0n) is 17.8. The van der Waals surface area contributed by atoms with Crippen LogP contribution in [0.4, 0.5) is 26.3 Å². The predicted octanol–water partition coefficient (Wildman–Crippen LogP) is 3.22. The molecule has 0 saturated carbocycles. The van der Waals surface area contributed by atoms with Crippen LogP contribution < -0.4 is 0 Å². The Hall–Kier alpha value is -2.61. The number of aromatic nitrogens is 2. The number of alkyl halides is 6. The molecule has 2 heterocycles. The van der Waals surface area contributed by atoms with Crippen LogP contribution in [0.25, 0.3) is 0 Å². The highest BCUT2D eigenvalue weighted by Gasteiger charge is 2.40. The van der Waals surface area contributed by atoms with Gasteiger partial charge in [-0.25, -0.2) is 8.42 Å². The summed E-state index contributed by atoms with van der Waals surface area (Å²) in [7, 11) is -3.01. The summed E-state index contributed by atoms with van der Waals surface area (Å²) in [5.41, 5.74) is -1.98. The van der Waals surface area contributed by atoms with Crippen molar-refractivity contribution >= 4 is 15.9 Å². The lowest BCUT2D eigenvalue weighted by Gasteiger charge is -2.34. The zero-order chi connectivity index (χ0) is 24.9. The monoisotopic (exact) mass is 498 g/mol. The molecule has 0 spiro atoms.